The van der Waals surface area contributed by atoms with Crippen LogP contribution in [0.15, 0.2) is 46.9 Å². The molecule has 8 nitrogen and oxygen atoms in total. The predicted octanol–water partition coefficient (Wildman–Crippen LogP) is 3.29. The highest BCUT2D eigenvalue weighted by Gasteiger charge is 2.18. The van der Waals surface area contributed by atoms with Crippen molar-refractivity contribution in [1.82, 2.24) is 20.2 Å². The van der Waals surface area contributed by atoms with E-state index in [0.29, 0.717) is 22.8 Å². The normalized spacial score (nSPS) is 10.9. The number of nitrogens with one attached hydrogen (secondary N) is 1. The Kier molecular flexibility index (Phi) is 4.08. The first-order chi connectivity index (χ1) is 13.1. The number of amides is 1. The van der Waals surface area contributed by atoms with Gasteiger partial charge >= 0.3 is 0 Å². The van der Waals surface area contributed by atoms with Gasteiger partial charge in [0.25, 0.3) is 5.91 Å². The summed E-state index contributed by atoms with van der Waals surface area (Å²) in [7, 11) is 1.60. The van der Waals surface area contributed by atoms with Gasteiger partial charge < -0.3 is 14.5 Å². The number of anilines is 1. The molecule has 0 aliphatic rings. The molecule has 0 saturated heterocycles. The fourth-order valence-corrected chi connectivity index (χ4v) is 2.92. The molecule has 4 aromatic rings. The summed E-state index contributed by atoms with van der Waals surface area (Å²) in [6.45, 7) is 3.65. The number of hydrogen-bond donors (Lipinski definition) is 1. The molecule has 4 rings (SSSR count). The average Bonchev–Trinajstić information content (AvgIpc) is 3.25. The van der Waals surface area contributed by atoms with Gasteiger partial charge in [-0.15, -0.1) is 5.10 Å². The number of ether oxygens (including phenoxy) is 1. The highest BCUT2D eigenvalue weighted by molar-refractivity contribution is 6.06. The topological polar surface area (TPSA) is 95.1 Å². The lowest BCUT2D eigenvalue weighted by molar-refractivity contribution is 0.0998. The average molecular weight is 363 g/mol. The number of furan rings is 1. The highest BCUT2D eigenvalue weighted by atomic mass is 16.5. The molecule has 0 aliphatic carbocycles. The van der Waals surface area contributed by atoms with Crippen LogP contribution in [0.3, 0.4) is 0 Å². The number of carbonyl (C=O) groups excluding carboxylic acids is 1. The molecule has 2 aromatic heterocycles. The van der Waals surface area contributed by atoms with Crippen molar-refractivity contribution in [3.8, 4) is 11.4 Å². The van der Waals surface area contributed by atoms with E-state index in [1.165, 1.54) is 0 Å². The van der Waals surface area contributed by atoms with Crippen LogP contribution in [0.2, 0.25) is 0 Å². The van der Waals surface area contributed by atoms with E-state index in [2.05, 4.69) is 20.8 Å². The summed E-state index contributed by atoms with van der Waals surface area (Å²) in [6.07, 6.45) is 0. The summed E-state index contributed by atoms with van der Waals surface area (Å²) in [4.78, 5) is 12.7. The van der Waals surface area contributed by atoms with E-state index < -0.39 is 0 Å². The maximum Gasteiger partial charge on any atom is 0.291 e. The Balaban J connectivity index is 1.64. The maximum absolute atomic E-state index is 12.7. The first kappa shape index (κ1) is 16.8. The smallest absolute Gasteiger partial charge is 0.291 e. The number of benzene rings is 2. The molecule has 0 aliphatic heterocycles. The molecule has 0 unspecified atom stereocenters. The first-order valence-electron chi connectivity index (χ1n) is 8.30. The number of fused-ring (bicyclic) bond motifs is 1. The fraction of sp³-hybridized carbons (Fsp3) is 0.158. The van der Waals surface area contributed by atoms with Crippen molar-refractivity contribution in [2.45, 2.75) is 13.8 Å². The molecule has 0 radical (unpaired) electrons. The molecule has 1 amide bonds. The SMILES string of the molecule is COc1ccc2oc(C(=O)Nc3cccc(-n4nnnc4C)c3)c(C)c2c1. The van der Waals surface area contributed by atoms with Crippen LogP contribution in [0, 0.1) is 13.8 Å². The third kappa shape index (κ3) is 3.01. The second-order valence-electron chi connectivity index (χ2n) is 6.06. The monoisotopic (exact) mass is 363 g/mol. The molecular weight excluding hydrogens is 346 g/mol. The van der Waals surface area contributed by atoms with Crippen molar-refractivity contribution >= 4 is 22.6 Å². The quantitative estimate of drug-likeness (QED) is 0.598. The minimum Gasteiger partial charge on any atom is -0.497 e. The molecule has 0 spiro atoms. The van der Waals surface area contributed by atoms with Gasteiger partial charge in [-0.3, -0.25) is 4.79 Å². The number of carbonyl (C=O) groups is 1. The van der Waals surface area contributed by atoms with Crippen molar-refractivity contribution in [2.24, 2.45) is 0 Å². The number of methoxy groups -OCH3 is 1. The van der Waals surface area contributed by atoms with Gasteiger partial charge in [0.1, 0.15) is 11.3 Å². The van der Waals surface area contributed by atoms with Gasteiger partial charge in [-0.05, 0) is 60.7 Å². The van der Waals surface area contributed by atoms with Gasteiger partial charge in [0.2, 0.25) is 0 Å². The van der Waals surface area contributed by atoms with Gasteiger partial charge in [-0.2, -0.15) is 4.68 Å². The van der Waals surface area contributed by atoms with E-state index in [-0.39, 0.29) is 11.7 Å². The van der Waals surface area contributed by atoms with Crippen LogP contribution in [0.5, 0.6) is 5.75 Å². The Morgan fingerprint density at radius 3 is 2.78 bits per heavy atom. The van der Waals surface area contributed by atoms with E-state index in [1.54, 1.807) is 43.0 Å². The fourth-order valence-electron chi connectivity index (χ4n) is 2.92. The highest BCUT2D eigenvalue weighted by Crippen LogP contribution is 2.29. The van der Waals surface area contributed by atoms with Crippen molar-refractivity contribution in [3.05, 3.63) is 59.6 Å². The zero-order chi connectivity index (χ0) is 19.0. The van der Waals surface area contributed by atoms with Gasteiger partial charge in [0, 0.05) is 16.6 Å². The Labute approximate surface area is 154 Å². The van der Waals surface area contributed by atoms with E-state index in [1.807, 2.05) is 25.1 Å². The molecule has 8 heteroatoms. The summed E-state index contributed by atoms with van der Waals surface area (Å²) in [5.41, 5.74) is 2.76. The van der Waals surface area contributed by atoms with Crippen LogP contribution in [-0.4, -0.2) is 33.2 Å². The molecule has 2 heterocycles. The molecule has 0 fully saturated rings. The van der Waals surface area contributed by atoms with Crippen LogP contribution >= 0.6 is 0 Å². The van der Waals surface area contributed by atoms with E-state index >= 15 is 0 Å². The van der Waals surface area contributed by atoms with Crippen LogP contribution < -0.4 is 10.1 Å². The van der Waals surface area contributed by atoms with Crippen LogP contribution in [0.4, 0.5) is 5.69 Å². The van der Waals surface area contributed by atoms with Crippen LogP contribution in [-0.2, 0) is 0 Å². The van der Waals surface area contributed by atoms with Crippen molar-refractivity contribution in [1.29, 1.82) is 0 Å². The number of tetrazole rings is 1. The minimum atomic E-state index is -0.326. The maximum atomic E-state index is 12.7. The first-order valence-corrected chi connectivity index (χ1v) is 8.30. The van der Waals surface area contributed by atoms with E-state index in [9.17, 15) is 4.79 Å². The zero-order valence-electron chi connectivity index (χ0n) is 15.1. The summed E-state index contributed by atoms with van der Waals surface area (Å²) >= 11 is 0. The third-order valence-corrected chi connectivity index (χ3v) is 4.32. The molecule has 1 N–H and O–H groups in total. The molecule has 0 saturated carbocycles. The molecule has 136 valence electrons. The standard InChI is InChI=1S/C19H17N5O3/c1-11-16-10-15(26-3)7-8-17(16)27-18(11)19(25)20-13-5-4-6-14(9-13)24-12(2)21-22-23-24/h4-10H,1-3H3,(H,20,25). The van der Waals surface area contributed by atoms with Crippen molar-refractivity contribution in [2.75, 3.05) is 12.4 Å². The second-order valence-corrected chi connectivity index (χ2v) is 6.06. The Bertz CT molecular complexity index is 1150. The summed E-state index contributed by atoms with van der Waals surface area (Å²) in [5.74, 6) is 1.30. The lowest BCUT2D eigenvalue weighted by Crippen LogP contribution is -2.12. The zero-order valence-corrected chi connectivity index (χ0v) is 15.1. The van der Waals surface area contributed by atoms with Gasteiger partial charge in [-0.1, -0.05) is 6.07 Å². The van der Waals surface area contributed by atoms with E-state index in [4.69, 9.17) is 9.15 Å². The minimum absolute atomic E-state index is 0.266. The van der Waals surface area contributed by atoms with Gasteiger partial charge in [0.05, 0.1) is 12.8 Å². The Morgan fingerprint density at radius 1 is 1.19 bits per heavy atom. The molecule has 0 atom stereocenters. The van der Waals surface area contributed by atoms with E-state index in [0.717, 1.165) is 16.6 Å². The number of nitrogens with zero attached hydrogens (tertiary/aromatic N) is 4. The lowest BCUT2D eigenvalue weighted by Gasteiger charge is -2.07. The van der Waals surface area contributed by atoms with Crippen LogP contribution in [0.25, 0.3) is 16.7 Å². The number of aryl methyl sites for hydroxylation is 2. The number of rotatable bonds is 4. The second kappa shape index (κ2) is 6.56. The molecule has 0 bridgehead atoms. The molecule has 27 heavy (non-hydrogen) atoms. The van der Waals surface area contributed by atoms with Crippen molar-refractivity contribution < 1.29 is 13.9 Å². The number of hydrogen-bond acceptors (Lipinski definition) is 6. The summed E-state index contributed by atoms with van der Waals surface area (Å²) in [6, 6.07) is 12.7. The summed E-state index contributed by atoms with van der Waals surface area (Å²) in [5, 5.41) is 15.2. The Hall–Kier alpha value is -3.68. The number of aromatic nitrogens is 4. The molecular formula is C19H17N5O3. The molecule has 2 aromatic carbocycles. The third-order valence-electron chi connectivity index (χ3n) is 4.32. The van der Waals surface area contributed by atoms with Gasteiger partial charge in [-0.25, -0.2) is 0 Å². The summed E-state index contributed by atoms with van der Waals surface area (Å²) < 4.78 is 12.6. The Morgan fingerprint density at radius 2 is 2.04 bits per heavy atom. The largest absolute Gasteiger partial charge is 0.497 e. The predicted molar refractivity (Wildman–Crippen MR) is 99.3 cm³/mol. The van der Waals surface area contributed by atoms with Crippen molar-refractivity contribution in [3.63, 3.8) is 0 Å². The lowest BCUT2D eigenvalue weighted by atomic mass is 10.1. The van der Waals surface area contributed by atoms with Gasteiger partial charge in [0.15, 0.2) is 11.6 Å². The van der Waals surface area contributed by atoms with Crippen LogP contribution in [0.1, 0.15) is 21.9 Å².